The van der Waals surface area contributed by atoms with Crippen LogP contribution in [0.5, 0.6) is 11.5 Å². The second-order valence-electron chi connectivity index (χ2n) is 7.48. The second kappa shape index (κ2) is 11.2. The molecule has 0 radical (unpaired) electrons. The molecule has 4 rings (SSSR count). The topological polar surface area (TPSA) is 77.1 Å². The predicted octanol–water partition coefficient (Wildman–Crippen LogP) is 3.87. The maximum absolute atomic E-state index is 12.8. The fourth-order valence-electron chi connectivity index (χ4n) is 3.45. The smallest absolute Gasteiger partial charge is 0.255 e. The zero-order valence-electron chi connectivity index (χ0n) is 18.2. The van der Waals surface area contributed by atoms with Crippen molar-refractivity contribution in [3.63, 3.8) is 0 Å². The van der Waals surface area contributed by atoms with Crippen LogP contribution in [0.25, 0.3) is 0 Å². The van der Waals surface area contributed by atoms with Crippen molar-refractivity contribution >= 4 is 17.5 Å². The summed E-state index contributed by atoms with van der Waals surface area (Å²) in [5, 5.41) is 2.86. The molecule has 3 aromatic rings. The maximum atomic E-state index is 12.8. The van der Waals surface area contributed by atoms with E-state index in [-0.39, 0.29) is 11.8 Å². The summed E-state index contributed by atoms with van der Waals surface area (Å²) in [4.78, 5) is 27.2. The first-order valence-corrected chi connectivity index (χ1v) is 10.9. The van der Waals surface area contributed by atoms with E-state index in [2.05, 4.69) is 5.32 Å². The number of nitrogens with zero attached hydrogens (tertiary/aromatic N) is 1. The number of ether oxygens (including phenoxy) is 3. The fraction of sp³-hybridized carbons (Fsp3) is 0.231. The molecular formula is C26H26N2O5. The maximum Gasteiger partial charge on any atom is 0.255 e. The minimum absolute atomic E-state index is 0.0671. The molecule has 1 fully saturated rings. The molecule has 0 saturated carbocycles. The highest BCUT2D eigenvalue weighted by Crippen LogP contribution is 2.18. The first-order valence-electron chi connectivity index (χ1n) is 10.9. The largest absolute Gasteiger partial charge is 0.490 e. The van der Waals surface area contributed by atoms with Crippen LogP contribution in [-0.2, 0) is 4.74 Å². The number of morpholine rings is 1. The standard InChI is InChI=1S/C26H26N2O5/c29-25(27-22-8-4-7-21(18-22)26(30)28-12-14-31-15-13-28)20-6-5-11-24(19-20)33-17-16-32-23-9-2-1-3-10-23/h1-11,18-19H,12-17H2,(H,27,29). The van der Waals surface area contributed by atoms with Crippen molar-refractivity contribution in [2.75, 3.05) is 44.8 Å². The Labute approximate surface area is 192 Å². The summed E-state index contributed by atoms with van der Waals surface area (Å²) in [6.45, 7) is 2.96. The molecule has 0 atom stereocenters. The Morgan fingerprint density at radius 3 is 2.24 bits per heavy atom. The van der Waals surface area contributed by atoms with Gasteiger partial charge >= 0.3 is 0 Å². The minimum Gasteiger partial charge on any atom is -0.490 e. The number of carbonyl (C=O) groups is 2. The average Bonchev–Trinajstić information content (AvgIpc) is 2.88. The molecule has 1 saturated heterocycles. The van der Waals surface area contributed by atoms with Crippen molar-refractivity contribution in [1.82, 2.24) is 4.90 Å². The third kappa shape index (κ3) is 6.33. The third-order valence-corrected chi connectivity index (χ3v) is 5.13. The van der Waals surface area contributed by atoms with E-state index in [9.17, 15) is 9.59 Å². The fourth-order valence-corrected chi connectivity index (χ4v) is 3.45. The second-order valence-corrected chi connectivity index (χ2v) is 7.48. The van der Waals surface area contributed by atoms with Gasteiger partial charge in [0.15, 0.2) is 0 Å². The molecule has 1 aliphatic heterocycles. The summed E-state index contributed by atoms with van der Waals surface area (Å²) in [5.41, 5.74) is 1.55. The van der Waals surface area contributed by atoms with Crippen molar-refractivity contribution in [2.45, 2.75) is 0 Å². The molecule has 0 unspecified atom stereocenters. The van der Waals surface area contributed by atoms with E-state index in [0.29, 0.717) is 62.1 Å². The van der Waals surface area contributed by atoms with Gasteiger partial charge in [0.2, 0.25) is 0 Å². The van der Waals surface area contributed by atoms with Crippen LogP contribution in [0.3, 0.4) is 0 Å². The zero-order chi connectivity index (χ0) is 22.9. The highest BCUT2D eigenvalue weighted by atomic mass is 16.5. The monoisotopic (exact) mass is 446 g/mol. The zero-order valence-corrected chi connectivity index (χ0v) is 18.2. The van der Waals surface area contributed by atoms with Gasteiger partial charge in [0.25, 0.3) is 11.8 Å². The van der Waals surface area contributed by atoms with Crippen molar-refractivity contribution < 1.29 is 23.8 Å². The summed E-state index contributed by atoms with van der Waals surface area (Å²) in [7, 11) is 0. The molecule has 0 aromatic heterocycles. The Morgan fingerprint density at radius 2 is 1.45 bits per heavy atom. The molecule has 33 heavy (non-hydrogen) atoms. The first-order chi connectivity index (χ1) is 16.2. The Bertz CT molecular complexity index is 1080. The number of benzene rings is 3. The van der Waals surface area contributed by atoms with Crippen molar-refractivity contribution in [3.8, 4) is 11.5 Å². The van der Waals surface area contributed by atoms with Crippen LogP contribution in [0.4, 0.5) is 5.69 Å². The van der Waals surface area contributed by atoms with Crippen LogP contribution in [0.15, 0.2) is 78.9 Å². The number of anilines is 1. The molecule has 1 aliphatic rings. The van der Waals surface area contributed by atoms with E-state index in [0.717, 1.165) is 5.75 Å². The Kier molecular flexibility index (Phi) is 7.56. The van der Waals surface area contributed by atoms with Gasteiger partial charge in [-0.3, -0.25) is 9.59 Å². The van der Waals surface area contributed by atoms with Gasteiger partial charge in [-0.1, -0.05) is 30.3 Å². The number of rotatable bonds is 8. The van der Waals surface area contributed by atoms with Gasteiger partial charge in [-0.15, -0.1) is 0 Å². The Hall–Kier alpha value is -3.84. The lowest BCUT2D eigenvalue weighted by atomic mass is 10.1. The molecule has 2 amide bonds. The van der Waals surface area contributed by atoms with Gasteiger partial charge in [0, 0.05) is 29.9 Å². The van der Waals surface area contributed by atoms with E-state index in [4.69, 9.17) is 14.2 Å². The van der Waals surface area contributed by atoms with Crippen molar-refractivity contribution in [3.05, 3.63) is 90.0 Å². The van der Waals surface area contributed by atoms with Crippen LogP contribution in [0.1, 0.15) is 20.7 Å². The molecule has 0 aliphatic carbocycles. The van der Waals surface area contributed by atoms with Gasteiger partial charge in [-0.2, -0.15) is 0 Å². The van der Waals surface area contributed by atoms with Crippen LogP contribution in [0.2, 0.25) is 0 Å². The van der Waals surface area contributed by atoms with Gasteiger partial charge < -0.3 is 24.4 Å². The first kappa shape index (κ1) is 22.4. The minimum atomic E-state index is -0.281. The van der Waals surface area contributed by atoms with Crippen LogP contribution in [0, 0.1) is 0 Å². The van der Waals surface area contributed by atoms with Crippen LogP contribution >= 0.6 is 0 Å². The van der Waals surface area contributed by atoms with Gasteiger partial charge in [-0.25, -0.2) is 0 Å². The third-order valence-electron chi connectivity index (χ3n) is 5.13. The number of hydrogen-bond acceptors (Lipinski definition) is 5. The molecule has 3 aromatic carbocycles. The molecule has 1 N–H and O–H groups in total. The number of para-hydroxylation sites is 1. The predicted molar refractivity (Wildman–Crippen MR) is 125 cm³/mol. The van der Waals surface area contributed by atoms with Crippen LogP contribution in [-0.4, -0.2) is 56.2 Å². The number of carbonyl (C=O) groups excluding carboxylic acids is 2. The van der Waals surface area contributed by atoms with E-state index >= 15 is 0 Å². The molecule has 0 bridgehead atoms. The van der Waals surface area contributed by atoms with Crippen molar-refractivity contribution in [2.24, 2.45) is 0 Å². The van der Waals surface area contributed by atoms with Crippen molar-refractivity contribution in [1.29, 1.82) is 0 Å². The van der Waals surface area contributed by atoms with Gasteiger partial charge in [-0.05, 0) is 48.5 Å². The molecule has 7 nitrogen and oxygen atoms in total. The number of amides is 2. The van der Waals surface area contributed by atoms with E-state index < -0.39 is 0 Å². The van der Waals surface area contributed by atoms with Gasteiger partial charge in [0.05, 0.1) is 13.2 Å². The lowest BCUT2D eigenvalue weighted by Crippen LogP contribution is -2.40. The highest BCUT2D eigenvalue weighted by molar-refractivity contribution is 6.05. The SMILES string of the molecule is O=C(Nc1cccc(C(=O)N2CCOCC2)c1)c1cccc(OCCOc2ccccc2)c1. The Balaban J connectivity index is 1.32. The highest BCUT2D eigenvalue weighted by Gasteiger charge is 2.19. The summed E-state index contributed by atoms with van der Waals surface area (Å²) >= 11 is 0. The Morgan fingerprint density at radius 1 is 0.788 bits per heavy atom. The quantitative estimate of drug-likeness (QED) is 0.532. The number of nitrogens with one attached hydrogen (secondary N) is 1. The molecular weight excluding hydrogens is 420 g/mol. The summed E-state index contributed by atoms with van der Waals surface area (Å²) in [6.07, 6.45) is 0. The van der Waals surface area contributed by atoms with E-state index in [1.807, 2.05) is 30.3 Å². The summed E-state index contributed by atoms with van der Waals surface area (Å²) in [5.74, 6) is 1.01. The molecule has 7 heteroatoms. The summed E-state index contributed by atoms with van der Waals surface area (Å²) < 4.78 is 16.6. The number of hydrogen-bond donors (Lipinski definition) is 1. The average molecular weight is 447 g/mol. The summed E-state index contributed by atoms with van der Waals surface area (Å²) in [6, 6.07) is 23.4. The lowest BCUT2D eigenvalue weighted by Gasteiger charge is -2.27. The van der Waals surface area contributed by atoms with Gasteiger partial charge in [0.1, 0.15) is 24.7 Å². The van der Waals surface area contributed by atoms with Crippen LogP contribution < -0.4 is 14.8 Å². The normalized spacial score (nSPS) is 13.3. The molecule has 170 valence electrons. The lowest BCUT2D eigenvalue weighted by molar-refractivity contribution is 0.0303. The van der Waals surface area contributed by atoms with E-state index in [1.54, 1.807) is 53.4 Å². The molecule has 1 heterocycles. The van der Waals surface area contributed by atoms with E-state index in [1.165, 1.54) is 0 Å². The molecule has 0 spiro atoms.